The second-order valence-electron chi connectivity index (χ2n) is 9.38. The lowest BCUT2D eigenvalue weighted by Crippen LogP contribution is -2.32. The molecule has 210 valence electrons. The molecule has 2 atom stereocenters. The zero-order chi connectivity index (χ0) is 28.2. The van der Waals surface area contributed by atoms with E-state index in [1.165, 1.54) is 6.08 Å². The summed E-state index contributed by atoms with van der Waals surface area (Å²) in [6.45, 7) is 0.571. The van der Waals surface area contributed by atoms with Crippen LogP contribution >= 0.6 is 0 Å². The van der Waals surface area contributed by atoms with Gasteiger partial charge in [0.25, 0.3) is 11.8 Å². The van der Waals surface area contributed by atoms with Crippen molar-refractivity contribution in [1.82, 2.24) is 10.8 Å². The van der Waals surface area contributed by atoms with Crippen molar-refractivity contribution in [1.29, 1.82) is 0 Å². The molecule has 1 heterocycles. The van der Waals surface area contributed by atoms with E-state index in [4.69, 9.17) is 9.57 Å². The molecule has 1 aliphatic carbocycles. The Morgan fingerprint density at radius 2 is 1.64 bits per heavy atom. The Hall–Kier alpha value is -3.38. The predicted molar refractivity (Wildman–Crippen MR) is 128 cm³/mol. The Labute approximate surface area is 220 Å². The fourth-order valence-electron chi connectivity index (χ4n) is 4.55. The Morgan fingerprint density at radius 3 is 2.28 bits per heavy atom. The second-order valence-corrected chi connectivity index (χ2v) is 9.38. The first-order chi connectivity index (χ1) is 18.4. The summed E-state index contributed by atoms with van der Waals surface area (Å²) >= 11 is 0. The molecule has 1 fully saturated rings. The summed E-state index contributed by atoms with van der Waals surface area (Å²) < 4.78 is 84.5. The minimum atomic E-state index is -5.05. The number of ether oxygens (including phenoxy) is 1. The fourth-order valence-corrected chi connectivity index (χ4v) is 4.55. The molecule has 0 saturated carbocycles. The molecule has 4 rings (SSSR count). The van der Waals surface area contributed by atoms with E-state index >= 15 is 0 Å². The topological polar surface area (TPSA) is 76.7 Å². The maximum atomic E-state index is 13.2. The third kappa shape index (κ3) is 7.60. The van der Waals surface area contributed by atoms with Crippen LogP contribution in [0.1, 0.15) is 76.3 Å². The largest absolute Gasteiger partial charge is 0.416 e. The molecule has 6 nitrogen and oxygen atoms in total. The molecule has 2 unspecified atom stereocenters. The van der Waals surface area contributed by atoms with E-state index in [0.717, 1.165) is 18.4 Å². The van der Waals surface area contributed by atoms with Gasteiger partial charge in [-0.2, -0.15) is 26.3 Å². The van der Waals surface area contributed by atoms with Crippen LogP contribution in [0.25, 0.3) is 6.08 Å². The Kier molecular flexibility index (Phi) is 8.65. The lowest BCUT2D eigenvalue weighted by molar-refractivity contribution is -0.198. The highest BCUT2D eigenvalue weighted by atomic mass is 19.4. The summed E-state index contributed by atoms with van der Waals surface area (Å²) in [4.78, 5) is 30.1. The molecular weight excluding hydrogens is 530 g/mol. The molecule has 2 aromatic carbocycles. The molecule has 0 spiro atoms. The first-order valence-corrected chi connectivity index (χ1v) is 12.4. The summed E-state index contributed by atoms with van der Waals surface area (Å²) in [6, 6.07) is 5.44. The van der Waals surface area contributed by atoms with Gasteiger partial charge in [0.15, 0.2) is 6.29 Å². The van der Waals surface area contributed by atoms with Crippen molar-refractivity contribution < 1.29 is 45.5 Å². The number of aryl methyl sites for hydroxylation is 1. The minimum absolute atomic E-state index is 0.0160. The number of rotatable bonds is 6. The molecule has 1 saturated heterocycles. The summed E-state index contributed by atoms with van der Waals surface area (Å²) in [5.74, 6) is -1.52. The highest BCUT2D eigenvalue weighted by molar-refractivity contribution is 5.95. The van der Waals surface area contributed by atoms with Crippen LogP contribution in [-0.2, 0) is 33.1 Å². The van der Waals surface area contributed by atoms with Gasteiger partial charge in [-0.25, -0.2) is 10.3 Å². The molecule has 2 aliphatic rings. The highest BCUT2D eigenvalue weighted by Crippen LogP contribution is 2.37. The van der Waals surface area contributed by atoms with Gasteiger partial charge in [0.1, 0.15) is 0 Å². The number of benzene rings is 2. The van der Waals surface area contributed by atoms with E-state index in [-0.39, 0.29) is 6.07 Å². The number of alkyl halides is 6. The number of carbonyl (C=O) groups excluding carboxylic acids is 2. The van der Waals surface area contributed by atoms with Crippen LogP contribution in [0.2, 0.25) is 0 Å². The van der Waals surface area contributed by atoms with Crippen LogP contribution < -0.4 is 10.8 Å². The van der Waals surface area contributed by atoms with Crippen molar-refractivity contribution in [2.75, 3.05) is 6.61 Å². The van der Waals surface area contributed by atoms with Crippen LogP contribution in [0.4, 0.5) is 26.3 Å². The normalized spacial score (nSPS) is 19.9. The number of amides is 2. The minimum Gasteiger partial charge on any atom is -0.350 e. The lowest BCUT2D eigenvalue weighted by atomic mass is 9.86. The third-order valence-corrected chi connectivity index (χ3v) is 6.49. The number of fused-ring (bicyclic) bond motifs is 1. The SMILES string of the molecule is O=C(/C=C/c1ccc2c(c1)CCCC2NC(=O)c1cc(C(F)(F)F)cc(C(F)(F)F)c1)NOC1CCCCO1. The molecule has 12 heteroatoms. The monoisotopic (exact) mass is 556 g/mol. The van der Waals surface area contributed by atoms with Crippen LogP contribution in [-0.4, -0.2) is 24.7 Å². The van der Waals surface area contributed by atoms with Gasteiger partial charge in [0.05, 0.1) is 17.2 Å². The van der Waals surface area contributed by atoms with E-state index in [1.54, 1.807) is 18.2 Å². The Bertz CT molecular complexity index is 1200. The molecular formula is C27H26F6N2O4. The van der Waals surface area contributed by atoms with Gasteiger partial charge in [-0.15, -0.1) is 0 Å². The number of carbonyl (C=O) groups is 2. The average molecular weight is 557 g/mol. The van der Waals surface area contributed by atoms with Gasteiger partial charge in [-0.3, -0.25) is 9.59 Å². The average Bonchev–Trinajstić information content (AvgIpc) is 2.90. The van der Waals surface area contributed by atoms with E-state index < -0.39 is 53.2 Å². The van der Waals surface area contributed by atoms with Crippen molar-refractivity contribution in [3.05, 3.63) is 75.9 Å². The van der Waals surface area contributed by atoms with Gasteiger partial charge in [-0.1, -0.05) is 18.2 Å². The summed E-state index contributed by atoms with van der Waals surface area (Å²) in [7, 11) is 0. The number of hydroxylamine groups is 1. The summed E-state index contributed by atoms with van der Waals surface area (Å²) in [5.41, 5.74) is 0.732. The zero-order valence-corrected chi connectivity index (χ0v) is 20.6. The molecule has 0 bridgehead atoms. The van der Waals surface area contributed by atoms with Gasteiger partial charge in [0.2, 0.25) is 0 Å². The summed E-state index contributed by atoms with van der Waals surface area (Å²) in [5, 5.41) is 2.58. The Balaban J connectivity index is 1.44. The standard InChI is InChI=1S/C27H26F6N2O4/c28-26(29,30)19-13-18(14-20(15-19)27(31,32)33)25(37)34-22-5-3-4-17-12-16(7-9-21(17)22)8-10-23(36)35-39-24-6-1-2-11-38-24/h7-10,12-15,22,24H,1-6,11H2,(H,34,37)(H,35,36)/b10-8+. The van der Waals surface area contributed by atoms with Crippen molar-refractivity contribution >= 4 is 17.9 Å². The van der Waals surface area contributed by atoms with Gasteiger partial charge >= 0.3 is 12.4 Å². The van der Waals surface area contributed by atoms with Crippen LogP contribution in [0.15, 0.2) is 42.5 Å². The molecule has 2 aromatic rings. The molecule has 1 aliphatic heterocycles. The quantitative estimate of drug-likeness (QED) is 0.256. The highest BCUT2D eigenvalue weighted by Gasteiger charge is 2.37. The molecule has 0 aromatic heterocycles. The molecule has 2 amide bonds. The Morgan fingerprint density at radius 1 is 0.923 bits per heavy atom. The van der Waals surface area contributed by atoms with E-state index in [0.29, 0.717) is 55.5 Å². The number of hydrogen-bond acceptors (Lipinski definition) is 4. The predicted octanol–water partition coefficient (Wildman–Crippen LogP) is 6.12. The van der Waals surface area contributed by atoms with E-state index in [9.17, 15) is 35.9 Å². The first-order valence-electron chi connectivity index (χ1n) is 12.4. The molecule has 0 radical (unpaired) electrons. The van der Waals surface area contributed by atoms with E-state index in [2.05, 4.69) is 10.8 Å². The van der Waals surface area contributed by atoms with Crippen molar-refractivity contribution in [3.63, 3.8) is 0 Å². The van der Waals surface area contributed by atoms with Crippen LogP contribution in [0.5, 0.6) is 0 Å². The van der Waals surface area contributed by atoms with Crippen molar-refractivity contribution in [2.45, 2.75) is 63.2 Å². The van der Waals surface area contributed by atoms with Crippen LogP contribution in [0.3, 0.4) is 0 Å². The molecule has 39 heavy (non-hydrogen) atoms. The summed E-state index contributed by atoms with van der Waals surface area (Å²) in [6.07, 6.45) is -3.40. The zero-order valence-electron chi connectivity index (χ0n) is 20.6. The van der Waals surface area contributed by atoms with Crippen LogP contribution in [0, 0.1) is 0 Å². The smallest absolute Gasteiger partial charge is 0.350 e. The van der Waals surface area contributed by atoms with Crippen molar-refractivity contribution in [2.24, 2.45) is 0 Å². The second kappa shape index (κ2) is 11.8. The van der Waals surface area contributed by atoms with Gasteiger partial charge in [-0.05, 0) is 73.1 Å². The molecule has 2 N–H and O–H groups in total. The fraction of sp³-hybridized carbons (Fsp3) is 0.407. The number of hydrogen-bond donors (Lipinski definition) is 2. The van der Waals surface area contributed by atoms with Crippen molar-refractivity contribution in [3.8, 4) is 0 Å². The maximum absolute atomic E-state index is 13.2. The lowest BCUT2D eigenvalue weighted by Gasteiger charge is -2.27. The van der Waals surface area contributed by atoms with Gasteiger partial charge < -0.3 is 10.1 Å². The first kappa shape index (κ1) is 28.6. The van der Waals surface area contributed by atoms with E-state index in [1.807, 2.05) is 6.07 Å². The number of nitrogens with one attached hydrogen (secondary N) is 2. The third-order valence-electron chi connectivity index (χ3n) is 6.49. The van der Waals surface area contributed by atoms with Gasteiger partial charge in [0, 0.05) is 24.7 Å². The maximum Gasteiger partial charge on any atom is 0.416 e. The number of halogens is 6.